The number of likely N-dealkylation sites (tertiary alicyclic amines) is 1. The van der Waals surface area contributed by atoms with Gasteiger partial charge in [-0.1, -0.05) is 30.3 Å². The Bertz CT molecular complexity index is 1160. The molecule has 2 aliphatic heterocycles. The molecule has 0 bridgehead atoms. The van der Waals surface area contributed by atoms with Crippen LogP contribution < -0.4 is 4.90 Å². The van der Waals surface area contributed by atoms with Gasteiger partial charge in [-0.2, -0.15) is 5.10 Å². The fourth-order valence-corrected chi connectivity index (χ4v) is 5.12. The molecule has 2 aliphatic rings. The summed E-state index contributed by atoms with van der Waals surface area (Å²) in [4.78, 5) is 27.9. The van der Waals surface area contributed by atoms with E-state index in [1.54, 1.807) is 10.9 Å². The monoisotopic (exact) mass is 444 g/mol. The predicted octanol–water partition coefficient (Wildman–Crippen LogP) is 4.15. The highest BCUT2D eigenvalue weighted by Gasteiger charge is 2.33. The molecule has 4 heterocycles. The molecule has 5 rings (SSSR count). The zero-order chi connectivity index (χ0) is 22.9. The second-order valence-corrected chi connectivity index (χ2v) is 9.26. The van der Waals surface area contributed by atoms with E-state index in [4.69, 9.17) is 9.97 Å². The first kappa shape index (κ1) is 21.6. The molecular weight excluding hydrogens is 412 g/mol. The van der Waals surface area contributed by atoms with E-state index < -0.39 is 0 Å². The minimum absolute atomic E-state index is 0.0328. The number of fused-ring (bicyclic) bond motifs is 1. The molecule has 0 aliphatic carbocycles. The molecule has 1 fully saturated rings. The molecule has 7 nitrogen and oxygen atoms in total. The number of carbonyl (C=O) groups excluding carboxylic acids is 1. The molecule has 3 aromatic rings. The summed E-state index contributed by atoms with van der Waals surface area (Å²) in [5.41, 5.74) is 5.14. The summed E-state index contributed by atoms with van der Waals surface area (Å²) in [6.45, 7) is 6.59. The molecule has 0 radical (unpaired) electrons. The molecule has 1 aromatic carbocycles. The number of carbonyl (C=O) groups is 1. The first-order valence-corrected chi connectivity index (χ1v) is 12.0. The van der Waals surface area contributed by atoms with Gasteiger partial charge in [0.2, 0.25) is 0 Å². The molecule has 0 unspecified atom stereocenters. The van der Waals surface area contributed by atoms with Gasteiger partial charge in [-0.05, 0) is 51.5 Å². The maximum atomic E-state index is 13.5. The van der Waals surface area contributed by atoms with Gasteiger partial charge in [-0.15, -0.1) is 0 Å². The minimum Gasteiger partial charge on any atom is -0.352 e. The molecule has 0 spiro atoms. The number of nitrogens with zero attached hydrogens (tertiary/aromatic N) is 6. The van der Waals surface area contributed by atoms with Crippen LogP contribution in [0, 0.1) is 13.8 Å². The zero-order valence-electron chi connectivity index (χ0n) is 19.8. The highest BCUT2D eigenvalue weighted by atomic mass is 16.2. The number of aryl methyl sites for hydroxylation is 2. The quantitative estimate of drug-likeness (QED) is 0.605. The summed E-state index contributed by atoms with van der Waals surface area (Å²) in [6.07, 6.45) is 6.78. The van der Waals surface area contributed by atoms with Gasteiger partial charge >= 0.3 is 0 Å². The lowest BCUT2D eigenvalue weighted by molar-refractivity contribution is 0.0598. The maximum Gasteiger partial charge on any atom is 0.257 e. The van der Waals surface area contributed by atoms with Crippen molar-refractivity contribution in [3.8, 4) is 0 Å². The average molecular weight is 445 g/mol. The second kappa shape index (κ2) is 8.96. The average Bonchev–Trinajstić information content (AvgIpc) is 3.18. The highest BCUT2D eigenvalue weighted by molar-refractivity contribution is 5.95. The Balaban J connectivity index is 1.49. The fourth-order valence-electron chi connectivity index (χ4n) is 5.12. The third-order valence-electron chi connectivity index (χ3n) is 7.11. The number of anilines is 1. The highest BCUT2D eigenvalue weighted by Crippen LogP contribution is 2.35. The Kier molecular flexibility index (Phi) is 5.87. The van der Waals surface area contributed by atoms with E-state index >= 15 is 0 Å². The van der Waals surface area contributed by atoms with Crippen molar-refractivity contribution in [1.82, 2.24) is 24.6 Å². The summed E-state index contributed by atoms with van der Waals surface area (Å²) in [7, 11) is 1.87. The largest absolute Gasteiger partial charge is 0.352 e. The van der Waals surface area contributed by atoms with Crippen LogP contribution in [0.2, 0.25) is 0 Å². The second-order valence-electron chi connectivity index (χ2n) is 9.26. The van der Waals surface area contributed by atoms with E-state index in [0.717, 1.165) is 74.8 Å². The lowest BCUT2D eigenvalue weighted by Gasteiger charge is -2.36. The molecule has 172 valence electrons. The van der Waals surface area contributed by atoms with Gasteiger partial charge in [0.15, 0.2) is 5.82 Å². The third-order valence-corrected chi connectivity index (χ3v) is 7.11. The lowest BCUT2D eigenvalue weighted by Crippen LogP contribution is -2.40. The molecular formula is C26H32N6O. The van der Waals surface area contributed by atoms with E-state index in [1.165, 1.54) is 11.1 Å². The van der Waals surface area contributed by atoms with Gasteiger partial charge in [-0.3, -0.25) is 9.48 Å². The van der Waals surface area contributed by atoms with Crippen LogP contribution in [0.4, 0.5) is 5.82 Å². The van der Waals surface area contributed by atoms with E-state index in [-0.39, 0.29) is 11.9 Å². The molecule has 7 heteroatoms. The number of hydrogen-bond donors (Lipinski definition) is 0. The summed E-state index contributed by atoms with van der Waals surface area (Å²) >= 11 is 0. The summed E-state index contributed by atoms with van der Waals surface area (Å²) < 4.78 is 1.76. The van der Waals surface area contributed by atoms with Gasteiger partial charge in [0.1, 0.15) is 5.82 Å². The Hall–Kier alpha value is -3.22. The van der Waals surface area contributed by atoms with Crippen LogP contribution in [0.5, 0.6) is 0 Å². The van der Waals surface area contributed by atoms with Crippen molar-refractivity contribution in [2.75, 3.05) is 18.0 Å². The van der Waals surface area contributed by atoms with Gasteiger partial charge in [-0.25, -0.2) is 9.97 Å². The Morgan fingerprint density at radius 3 is 2.64 bits per heavy atom. The molecule has 1 saturated heterocycles. The number of piperidine rings is 1. The van der Waals surface area contributed by atoms with Crippen molar-refractivity contribution in [3.63, 3.8) is 0 Å². The van der Waals surface area contributed by atoms with Crippen LogP contribution >= 0.6 is 0 Å². The SMILES string of the molecule is Cc1nc([C@H]2CCCCN2C(=O)c2cnn(C)c2C)nc2c1CCCN2Cc1ccccc1. The number of aromatic nitrogens is 4. The minimum atomic E-state index is -0.102. The van der Waals surface area contributed by atoms with Crippen molar-refractivity contribution < 1.29 is 4.79 Å². The predicted molar refractivity (Wildman–Crippen MR) is 128 cm³/mol. The van der Waals surface area contributed by atoms with E-state index in [9.17, 15) is 4.79 Å². The van der Waals surface area contributed by atoms with E-state index in [0.29, 0.717) is 5.56 Å². The Labute approximate surface area is 195 Å². The Morgan fingerprint density at radius 2 is 1.88 bits per heavy atom. The number of amides is 1. The Morgan fingerprint density at radius 1 is 1.06 bits per heavy atom. The molecule has 0 saturated carbocycles. The number of hydrogen-bond acceptors (Lipinski definition) is 5. The van der Waals surface area contributed by atoms with Crippen LogP contribution in [0.15, 0.2) is 36.5 Å². The summed E-state index contributed by atoms with van der Waals surface area (Å²) in [5, 5.41) is 4.28. The van der Waals surface area contributed by atoms with Gasteiger partial charge in [0.05, 0.1) is 17.8 Å². The van der Waals surface area contributed by atoms with Crippen molar-refractivity contribution in [3.05, 3.63) is 70.4 Å². The summed E-state index contributed by atoms with van der Waals surface area (Å²) in [5.74, 6) is 1.86. The van der Waals surface area contributed by atoms with Crippen molar-refractivity contribution in [1.29, 1.82) is 0 Å². The normalized spacial score (nSPS) is 18.3. The number of benzene rings is 1. The fraction of sp³-hybridized carbons (Fsp3) is 0.462. The zero-order valence-corrected chi connectivity index (χ0v) is 19.8. The molecule has 0 N–H and O–H groups in total. The van der Waals surface area contributed by atoms with Gasteiger partial charge in [0, 0.05) is 43.6 Å². The maximum absolute atomic E-state index is 13.5. The van der Waals surface area contributed by atoms with E-state index in [1.807, 2.05) is 18.9 Å². The molecule has 1 amide bonds. The molecule has 2 aromatic heterocycles. The van der Waals surface area contributed by atoms with Crippen LogP contribution in [-0.4, -0.2) is 43.6 Å². The first-order chi connectivity index (χ1) is 16.0. The van der Waals surface area contributed by atoms with Crippen LogP contribution in [0.25, 0.3) is 0 Å². The van der Waals surface area contributed by atoms with Crippen LogP contribution in [-0.2, 0) is 20.0 Å². The first-order valence-electron chi connectivity index (χ1n) is 12.0. The lowest BCUT2D eigenvalue weighted by atomic mass is 9.98. The topological polar surface area (TPSA) is 67.2 Å². The van der Waals surface area contributed by atoms with Gasteiger partial charge < -0.3 is 9.80 Å². The summed E-state index contributed by atoms with van der Waals surface area (Å²) in [6, 6.07) is 10.5. The van der Waals surface area contributed by atoms with Crippen molar-refractivity contribution >= 4 is 11.7 Å². The molecule has 1 atom stereocenters. The molecule has 33 heavy (non-hydrogen) atoms. The van der Waals surface area contributed by atoms with Crippen molar-refractivity contribution in [2.24, 2.45) is 7.05 Å². The number of rotatable bonds is 4. The van der Waals surface area contributed by atoms with E-state index in [2.05, 4.69) is 47.3 Å². The standard InChI is InChI=1S/C26H32N6O/c1-18-21-12-9-14-31(17-20-10-5-4-6-11-20)25(21)29-24(28-18)23-13-7-8-15-32(23)26(33)22-16-27-30(3)19(22)2/h4-6,10-11,16,23H,7-9,12-15,17H2,1-3H3/t23-/m1/s1. The third kappa shape index (κ3) is 4.12. The van der Waals surface area contributed by atoms with Crippen LogP contribution in [0.1, 0.15) is 70.4 Å². The van der Waals surface area contributed by atoms with Gasteiger partial charge in [0.25, 0.3) is 5.91 Å². The smallest absolute Gasteiger partial charge is 0.257 e. The van der Waals surface area contributed by atoms with Crippen LogP contribution in [0.3, 0.4) is 0 Å². The van der Waals surface area contributed by atoms with Crippen molar-refractivity contribution in [2.45, 2.75) is 58.5 Å².